The molecule has 0 atom stereocenters. The van der Waals surface area contributed by atoms with Crippen molar-refractivity contribution in [1.29, 1.82) is 0 Å². The lowest BCUT2D eigenvalue weighted by atomic mass is 10.1. The zero-order valence-electron chi connectivity index (χ0n) is 11.8. The fraction of sp³-hybridized carbons (Fsp3) is 0.188. The first-order valence-corrected chi connectivity index (χ1v) is 6.60. The Balaban J connectivity index is 2.00. The van der Waals surface area contributed by atoms with Gasteiger partial charge in [-0.3, -0.25) is 0 Å². The fourth-order valence-corrected chi connectivity index (χ4v) is 2.01. The highest BCUT2D eigenvalue weighted by Crippen LogP contribution is 2.23. The van der Waals surface area contributed by atoms with Gasteiger partial charge in [0.15, 0.2) is 0 Å². The van der Waals surface area contributed by atoms with E-state index in [1.54, 1.807) is 24.3 Å². The van der Waals surface area contributed by atoms with Gasteiger partial charge in [-0.2, -0.15) is 0 Å². The van der Waals surface area contributed by atoms with Gasteiger partial charge < -0.3 is 20.9 Å². The summed E-state index contributed by atoms with van der Waals surface area (Å²) in [4.78, 5) is 11.6. The first kappa shape index (κ1) is 14.7. The van der Waals surface area contributed by atoms with Crippen LogP contribution in [0.25, 0.3) is 0 Å². The second kappa shape index (κ2) is 6.65. The maximum atomic E-state index is 11.6. The number of ether oxygens (including phenoxy) is 1. The van der Waals surface area contributed by atoms with Crippen LogP contribution in [0.5, 0.6) is 5.75 Å². The van der Waals surface area contributed by atoms with E-state index in [-0.39, 0.29) is 5.75 Å². The van der Waals surface area contributed by atoms with Crippen LogP contribution < -0.4 is 11.1 Å². The van der Waals surface area contributed by atoms with Gasteiger partial charge in [-0.15, -0.1) is 0 Å². The molecule has 0 aliphatic carbocycles. The molecule has 0 unspecified atom stereocenters. The van der Waals surface area contributed by atoms with Crippen molar-refractivity contribution >= 4 is 17.3 Å². The molecule has 0 bridgehead atoms. The Morgan fingerprint density at radius 2 is 1.95 bits per heavy atom. The number of benzene rings is 2. The van der Waals surface area contributed by atoms with Crippen LogP contribution in [0, 0.1) is 0 Å². The third-order valence-electron chi connectivity index (χ3n) is 3.18. The number of nitrogens with two attached hydrogens (primary N) is 1. The van der Waals surface area contributed by atoms with E-state index in [0.29, 0.717) is 23.5 Å². The Bertz CT molecular complexity index is 624. The number of phenolic OH excluding ortho intramolecular Hbond substituents is 1. The molecule has 0 fully saturated rings. The van der Waals surface area contributed by atoms with Crippen LogP contribution in [0.2, 0.25) is 0 Å². The maximum absolute atomic E-state index is 11.6. The van der Waals surface area contributed by atoms with Crippen molar-refractivity contribution in [1.82, 2.24) is 0 Å². The van der Waals surface area contributed by atoms with Gasteiger partial charge in [-0.05, 0) is 36.2 Å². The molecule has 5 nitrogen and oxygen atoms in total. The number of anilines is 2. The van der Waals surface area contributed by atoms with Crippen LogP contribution in [-0.2, 0) is 11.2 Å². The quantitative estimate of drug-likeness (QED) is 0.580. The number of rotatable bonds is 5. The summed E-state index contributed by atoms with van der Waals surface area (Å²) in [6, 6.07) is 12.2. The fourth-order valence-electron chi connectivity index (χ4n) is 2.01. The number of nitrogens with one attached hydrogen (secondary N) is 1. The summed E-state index contributed by atoms with van der Waals surface area (Å²) in [5, 5.41) is 12.4. The van der Waals surface area contributed by atoms with Gasteiger partial charge >= 0.3 is 5.97 Å². The van der Waals surface area contributed by atoms with Gasteiger partial charge in [0.2, 0.25) is 0 Å². The van der Waals surface area contributed by atoms with Gasteiger partial charge in [0.1, 0.15) is 5.75 Å². The van der Waals surface area contributed by atoms with E-state index in [1.807, 2.05) is 18.2 Å². The van der Waals surface area contributed by atoms with Gasteiger partial charge in [0, 0.05) is 6.54 Å². The van der Waals surface area contributed by atoms with Crippen molar-refractivity contribution in [3.63, 3.8) is 0 Å². The zero-order valence-corrected chi connectivity index (χ0v) is 11.8. The maximum Gasteiger partial charge on any atom is 0.340 e. The topological polar surface area (TPSA) is 84.6 Å². The Kier molecular flexibility index (Phi) is 4.66. The number of phenols is 1. The summed E-state index contributed by atoms with van der Waals surface area (Å²) in [7, 11) is 1.33. The van der Waals surface area contributed by atoms with Gasteiger partial charge in [0.05, 0.1) is 24.0 Å². The highest BCUT2D eigenvalue weighted by molar-refractivity contribution is 5.98. The van der Waals surface area contributed by atoms with Crippen LogP contribution in [0.15, 0.2) is 42.5 Å². The van der Waals surface area contributed by atoms with Crippen molar-refractivity contribution in [2.75, 3.05) is 24.7 Å². The lowest BCUT2D eigenvalue weighted by molar-refractivity contribution is 0.0602. The smallest absolute Gasteiger partial charge is 0.340 e. The highest BCUT2D eigenvalue weighted by Gasteiger charge is 2.12. The van der Waals surface area contributed by atoms with Gasteiger partial charge in [-0.25, -0.2) is 4.79 Å². The minimum atomic E-state index is -0.449. The molecule has 2 aromatic carbocycles. The molecule has 0 amide bonds. The van der Waals surface area contributed by atoms with Crippen molar-refractivity contribution in [3.8, 4) is 5.75 Å². The molecule has 0 aliphatic heterocycles. The molecule has 21 heavy (non-hydrogen) atoms. The minimum absolute atomic E-state index is 0.252. The molecule has 2 rings (SSSR count). The predicted octanol–water partition coefficient (Wildman–Crippen LogP) is 2.42. The first-order valence-electron chi connectivity index (χ1n) is 6.60. The standard InChI is InChI=1S/C16H18N2O3/c1-21-16(20)13-3-2-4-14(15(13)17)18-10-9-11-5-7-12(19)8-6-11/h2-8,18-19H,9-10,17H2,1H3. The van der Waals surface area contributed by atoms with E-state index in [4.69, 9.17) is 5.73 Å². The molecule has 2 aromatic rings. The van der Waals surface area contributed by atoms with E-state index >= 15 is 0 Å². The summed E-state index contributed by atoms with van der Waals surface area (Å²) in [6.07, 6.45) is 0.780. The van der Waals surface area contributed by atoms with Gasteiger partial charge in [-0.1, -0.05) is 18.2 Å². The molecule has 0 heterocycles. The summed E-state index contributed by atoms with van der Waals surface area (Å²) in [5.41, 5.74) is 8.51. The third kappa shape index (κ3) is 3.66. The number of aromatic hydroxyl groups is 1. The van der Waals surface area contributed by atoms with Crippen molar-refractivity contribution in [3.05, 3.63) is 53.6 Å². The Morgan fingerprint density at radius 1 is 1.24 bits per heavy atom. The molecule has 0 saturated carbocycles. The SMILES string of the molecule is COC(=O)c1cccc(NCCc2ccc(O)cc2)c1N. The average molecular weight is 286 g/mol. The highest BCUT2D eigenvalue weighted by atomic mass is 16.5. The molecular weight excluding hydrogens is 268 g/mol. The molecule has 110 valence electrons. The number of carbonyl (C=O) groups is 1. The Hall–Kier alpha value is -2.69. The largest absolute Gasteiger partial charge is 0.508 e. The van der Waals surface area contributed by atoms with E-state index in [1.165, 1.54) is 7.11 Å². The van der Waals surface area contributed by atoms with E-state index in [0.717, 1.165) is 12.0 Å². The first-order chi connectivity index (χ1) is 10.1. The molecule has 0 spiro atoms. The van der Waals surface area contributed by atoms with E-state index in [9.17, 15) is 9.90 Å². The van der Waals surface area contributed by atoms with Gasteiger partial charge in [0.25, 0.3) is 0 Å². The lowest BCUT2D eigenvalue weighted by Crippen LogP contribution is -2.11. The monoisotopic (exact) mass is 286 g/mol. The molecular formula is C16H18N2O3. The molecule has 0 radical (unpaired) electrons. The van der Waals surface area contributed by atoms with Crippen molar-refractivity contribution in [2.45, 2.75) is 6.42 Å². The zero-order chi connectivity index (χ0) is 15.2. The summed E-state index contributed by atoms with van der Waals surface area (Å²) >= 11 is 0. The Labute approximate surface area is 123 Å². The third-order valence-corrected chi connectivity index (χ3v) is 3.18. The van der Waals surface area contributed by atoms with E-state index < -0.39 is 5.97 Å². The van der Waals surface area contributed by atoms with Crippen LogP contribution in [0.1, 0.15) is 15.9 Å². The number of carbonyl (C=O) groups excluding carboxylic acids is 1. The summed E-state index contributed by atoms with van der Waals surface area (Å²) < 4.78 is 4.69. The molecule has 5 heteroatoms. The normalized spacial score (nSPS) is 10.1. The number of hydrogen-bond donors (Lipinski definition) is 3. The predicted molar refractivity (Wildman–Crippen MR) is 82.5 cm³/mol. The number of nitrogen functional groups attached to an aromatic ring is 1. The second-order valence-corrected chi connectivity index (χ2v) is 4.60. The molecule has 0 aliphatic rings. The number of hydrogen-bond acceptors (Lipinski definition) is 5. The number of methoxy groups -OCH3 is 1. The Morgan fingerprint density at radius 3 is 2.62 bits per heavy atom. The molecule has 0 saturated heterocycles. The second-order valence-electron chi connectivity index (χ2n) is 4.60. The number of esters is 1. The average Bonchev–Trinajstić information content (AvgIpc) is 2.50. The van der Waals surface area contributed by atoms with Crippen LogP contribution in [-0.4, -0.2) is 24.7 Å². The molecule has 0 aromatic heterocycles. The van der Waals surface area contributed by atoms with E-state index in [2.05, 4.69) is 10.1 Å². The van der Waals surface area contributed by atoms with Crippen LogP contribution in [0.3, 0.4) is 0 Å². The minimum Gasteiger partial charge on any atom is -0.508 e. The number of para-hydroxylation sites is 1. The van der Waals surface area contributed by atoms with Crippen molar-refractivity contribution in [2.24, 2.45) is 0 Å². The summed E-state index contributed by atoms with van der Waals surface area (Å²) in [6.45, 7) is 0.666. The van der Waals surface area contributed by atoms with Crippen LogP contribution in [0.4, 0.5) is 11.4 Å². The van der Waals surface area contributed by atoms with Crippen LogP contribution >= 0.6 is 0 Å². The summed E-state index contributed by atoms with van der Waals surface area (Å²) in [5.74, 6) is -0.198. The van der Waals surface area contributed by atoms with Crippen molar-refractivity contribution < 1.29 is 14.6 Å². The molecule has 4 N–H and O–H groups in total. The lowest BCUT2D eigenvalue weighted by Gasteiger charge is -2.12.